The molecule has 0 aromatic heterocycles. The lowest BCUT2D eigenvalue weighted by molar-refractivity contribution is 0.0997. The Hall–Kier alpha value is -1.14. The van der Waals surface area contributed by atoms with E-state index in [-0.39, 0.29) is 17.8 Å². The quantitative estimate of drug-likeness (QED) is 0.574. The second kappa shape index (κ2) is 4.20. The smallest absolute Gasteiger partial charge is 0.175 e. The summed E-state index contributed by atoms with van der Waals surface area (Å²) < 4.78 is 13.3. The standard InChI is InChI=1S/C10H6BrFO/c1-2-3-10(13)8-6-7(12)4-5-9(8)11/h1,4-6H,3H2. The van der Waals surface area contributed by atoms with Crippen molar-refractivity contribution in [2.45, 2.75) is 6.42 Å². The van der Waals surface area contributed by atoms with E-state index in [0.29, 0.717) is 4.47 Å². The third-order valence-electron chi connectivity index (χ3n) is 1.49. The molecular formula is C10H6BrFO. The molecule has 66 valence electrons. The minimum atomic E-state index is -0.441. The van der Waals surface area contributed by atoms with E-state index in [9.17, 15) is 9.18 Å². The minimum absolute atomic E-state index is 0.0119. The number of carbonyl (C=O) groups excluding carboxylic acids is 1. The van der Waals surface area contributed by atoms with Gasteiger partial charge in [0.05, 0.1) is 6.42 Å². The van der Waals surface area contributed by atoms with Crippen LogP contribution >= 0.6 is 15.9 Å². The van der Waals surface area contributed by atoms with E-state index in [2.05, 4.69) is 21.9 Å². The first-order valence-electron chi connectivity index (χ1n) is 3.57. The van der Waals surface area contributed by atoms with Crippen LogP contribution in [0.1, 0.15) is 16.8 Å². The van der Waals surface area contributed by atoms with Gasteiger partial charge in [-0.2, -0.15) is 0 Å². The summed E-state index contributed by atoms with van der Waals surface area (Å²) >= 11 is 3.14. The summed E-state index contributed by atoms with van der Waals surface area (Å²) in [5, 5.41) is 0. The van der Waals surface area contributed by atoms with E-state index >= 15 is 0 Å². The van der Waals surface area contributed by atoms with Gasteiger partial charge in [-0.25, -0.2) is 4.39 Å². The molecule has 13 heavy (non-hydrogen) atoms. The third kappa shape index (κ3) is 2.40. The van der Waals surface area contributed by atoms with E-state index in [1.54, 1.807) is 0 Å². The average Bonchev–Trinajstić information content (AvgIpc) is 2.09. The average molecular weight is 241 g/mol. The van der Waals surface area contributed by atoms with Gasteiger partial charge < -0.3 is 0 Å². The van der Waals surface area contributed by atoms with Crippen molar-refractivity contribution in [3.63, 3.8) is 0 Å². The van der Waals surface area contributed by atoms with Crippen LogP contribution in [-0.4, -0.2) is 5.78 Å². The van der Waals surface area contributed by atoms with Crippen molar-refractivity contribution >= 4 is 21.7 Å². The normalized spacial score (nSPS) is 9.31. The molecule has 3 heteroatoms. The summed E-state index contributed by atoms with van der Waals surface area (Å²) in [6, 6.07) is 3.93. The second-order valence-corrected chi connectivity index (χ2v) is 3.28. The predicted molar refractivity (Wildman–Crippen MR) is 51.9 cm³/mol. The zero-order valence-corrected chi connectivity index (χ0v) is 8.27. The molecule has 0 bridgehead atoms. The van der Waals surface area contributed by atoms with E-state index in [0.717, 1.165) is 0 Å². The molecule has 1 nitrogen and oxygen atoms in total. The van der Waals surface area contributed by atoms with Gasteiger partial charge in [-0.15, -0.1) is 6.42 Å². The lowest BCUT2D eigenvalue weighted by Crippen LogP contribution is -1.99. The van der Waals surface area contributed by atoms with Crippen LogP contribution in [0.4, 0.5) is 4.39 Å². The summed E-state index contributed by atoms with van der Waals surface area (Å²) in [4.78, 5) is 11.3. The van der Waals surface area contributed by atoms with E-state index < -0.39 is 5.82 Å². The molecule has 0 saturated heterocycles. The predicted octanol–water partition coefficient (Wildman–Crippen LogP) is 2.79. The molecule has 0 aliphatic carbocycles. The minimum Gasteiger partial charge on any atom is -0.293 e. The summed E-state index contributed by atoms with van der Waals surface area (Å²) in [5.74, 6) is 1.52. The van der Waals surface area contributed by atoms with Crippen molar-refractivity contribution in [2.75, 3.05) is 0 Å². The number of carbonyl (C=O) groups is 1. The van der Waals surface area contributed by atoms with Crippen molar-refractivity contribution in [3.05, 3.63) is 34.1 Å². The Morgan fingerprint density at radius 1 is 1.62 bits per heavy atom. The zero-order valence-electron chi connectivity index (χ0n) is 6.68. The molecule has 0 spiro atoms. The maximum Gasteiger partial charge on any atom is 0.175 e. The summed E-state index contributed by atoms with van der Waals surface area (Å²) in [6.45, 7) is 0. The topological polar surface area (TPSA) is 17.1 Å². The zero-order chi connectivity index (χ0) is 9.84. The van der Waals surface area contributed by atoms with E-state index in [4.69, 9.17) is 6.42 Å². The molecule has 0 heterocycles. The number of benzene rings is 1. The molecule has 0 amide bonds. The maximum absolute atomic E-state index is 12.7. The van der Waals surface area contributed by atoms with Crippen molar-refractivity contribution < 1.29 is 9.18 Å². The Bertz CT molecular complexity index is 379. The molecule has 0 radical (unpaired) electrons. The number of rotatable bonds is 2. The fraction of sp³-hybridized carbons (Fsp3) is 0.100. The molecule has 0 unspecified atom stereocenters. The van der Waals surface area contributed by atoms with Gasteiger partial charge >= 0.3 is 0 Å². The van der Waals surface area contributed by atoms with Gasteiger partial charge in [-0.05, 0) is 18.2 Å². The number of hydrogen-bond donors (Lipinski definition) is 0. The number of ketones is 1. The van der Waals surface area contributed by atoms with Crippen LogP contribution in [0.3, 0.4) is 0 Å². The Labute approximate surface area is 84.1 Å². The number of Topliss-reactive ketones (excluding diaryl/α,β-unsaturated/α-hetero) is 1. The van der Waals surface area contributed by atoms with Crippen LogP contribution in [-0.2, 0) is 0 Å². The molecule has 0 aliphatic heterocycles. The largest absolute Gasteiger partial charge is 0.293 e. The Morgan fingerprint density at radius 2 is 2.31 bits per heavy atom. The third-order valence-corrected chi connectivity index (χ3v) is 2.18. The van der Waals surface area contributed by atoms with Crippen molar-refractivity contribution in [1.29, 1.82) is 0 Å². The molecule has 1 aromatic carbocycles. The molecule has 1 rings (SSSR count). The molecular weight excluding hydrogens is 235 g/mol. The van der Waals surface area contributed by atoms with E-state index in [1.807, 2.05) is 0 Å². The van der Waals surface area contributed by atoms with Crippen molar-refractivity contribution in [2.24, 2.45) is 0 Å². The Balaban J connectivity index is 3.07. The van der Waals surface area contributed by atoms with Crippen LogP contribution in [0.15, 0.2) is 22.7 Å². The van der Waals surface area contributed by atoms with Crippen LogP contribution < -0.4 is 0 Å². The first kappa shape index (κ1) is 9.94. The van der Waals surface area contributed by atoms with Crippen LogP contribution in [0.5, 0.6) is 0 Å². The first-order chi connectivity index (χ1) is 6.15. The fourth-order valence-corrected chi connectivity index (χ4v) is 1.37. The summed E-state index contributed by atoms with van der Waals surface area (Å²) in [7, 11) is 0. The molecule has 0 saturated carbocycles. The molecule has 0 atom stereocenters. The van der Waals surface area contributed by atoms with Crippen LogP contribution in [0.25, 0.3) is 0 Å². The van der Waals surface area contributed by atoms with Gasteiger partial charge in [-0.3, -0.25) is 4.79 Å². The van der Waals surface area contributed by atoms with Gasteiger partial charge in [0.2, 0.25) is 0 Å². The van der Waals surface area contributed by atoms with Crippen molar-refractivity contribution in [1.82, 2.24) is 0 Å². The van der Waals surface area contributed by atoms with Crippen molar-refractivity contribution in [3.8, 4) is 12.3 Å². The lowest BCUT2D eigenvalue weighted by Gasteiger charge is -2.00. The number of halogens is 2. The lowest BCUT2D eigenvalue weighted by atomic mass is 10.1. The monoisotopic (exact) mass is 240 g/mol. The number of terminal acetylenes is 1. The van der Waals surface area contributed by atoms with Crippen LogP contribution in [0.2, 0.25) is 0 Å². The van der Waals surface area contributed by atoms with Gasteiger partial charge in [0, 0.05) is 10.0 Å². The van der Waals surface area contributed by atoms with E-state index in [1.165, 1.54) is 18.2 Å². The second-order valence-electron chi connectivity index (χ2n) is 2.43. The summed E-state index contributed by atoms with van der Waals surface area (Å²) in [5.41, 5.74) is 0.290. The molecule has 0 N–H and O–H groups in total. The SMILES string of the molecule is C#CCC(=O)c1cc(F)ccc1Br. The Kier molecular flexibility index (Phi) is 3.21. The maximum atomic E-state index is 12.7. The summed E-state index contributed by atoms with van der Waals surface area (Å²) in [6.07, 6.45) is 4.96. The highest BCUT2D eigenvalue weighted by molar-refractivity contribution is 9.10. The van der Waals surface area contributed by atoms with Crippen LogP contribution in [0, 0.1) is 18.2 Å². The molecule has 0 fully saturated rings. The highest BCUT2D eigenvalue weighted by Crippen LogP contribution is 2.19. The van der Waals surface area contributed by atoms with Gasteiger partial charge in [0.25, 0.3) is 0 Å². The number of hydrogen-bond acceptors (Lipinski definition) is 1. The highest BCUT2D eigenvalue weighted by Gasteiger charge is 2.09. The molecule has 0 aliphatic rings. The first-order valence-corrected chi connectivity index (χ1v) is 4.36. The highest BCUT2D eigenvalue weighted by atomic mass is 79.9. The Morgan fingerprint density at radius 3 is 2.92 bits per heavy atom. The molecule has 1 aromatic rings. The van der Waals surface area contributed by atoms with Gasteiger partial charge in [0.15, 0.2) is 5.78 Å². The van der Waals surface area contributed by atoms with Gasteiger partial charge in [-0.1, -0.05) is 21.9 Å². The fourth-order valence-electron chi connectivity index (χ4n) is 0.899. The van der Waals surface area contributed by atoms with Gasteiger partial charge in [0.1, 0.15) is 5.82 Å².